The van der Waals surface area contributed by atoms with E-state index in [-0.39, 0.29) is 16.2 Å². The van der Waals surface area contributed by atoms with Gasteiger partial charge in [0.15, 0.2) is 10.5 Å². The summed E-state index contributed by atoms with van der Waals surface area (Å²) in [6.45, 7) is 0. The lowest BCUT2D eigenvalue weighted by atomic mass is 9.71. The molecule has 4 N–H and O–H groups in total. The molecule has 0 spiro atoms. The largest absolute Gasteiger partial charge is 0.366 e. The van der Waals surface area contributed by atoms with Crippen LogP contribution >= 0.6 is 12.2 Å². The van der Waals surface area contributed by atoms with Crippen molar-refractivity contribution in [2.45, 2.75) is 11.6 Å². The highest BCUT2D eigenvalue weighted by Crippen LogP contribution is 2.47. The highest BCUT2D eigenvalue weighted by Gasteiger charge is 2.50. The summed E-state index contributed by atoms with van der Waals surface area (Å²) in [5, 5.41) is 24.4. The fourth-order valence-electron chi connectivity index (χ4n) is 3.71. The third-order valence-electron chi connectivity index (χ3n) is 4.97. The van der Waals surface area contributed by atoms with Gasteiger partial charge in [-0.2, -0.15) is 5.26 Å². The van der Waals surface area contributed by atoms with Gasteiger partial charge in [0.1, 0.15) is 17.6 Å². The van der Waals surface area contributed by atoms with Crippen molar-refractivity contribution in [1.82, 2.24) is 9.97 Å². The van der Waals surface area contributed by atoms with E-state index in [9.17, 15) is 19.6 Å². The van der Waals surface area contributed by atoms with Crippen molar-refractivity contribution in [1.29, 1.82) is 5.26 Å². The SMILES string of the molecule is N#CC1C(c2ccc(F)cc2)c2c([nH]c(=S)[nH]c2=O)NC1(O)c1ccccc1. The number of nitrogens with zero attached hydrogens (tertiary/aromatic N) is 1. The van der Waals surface area contributed by atoms with E-state index in [0.29, 0.717) is 11.1 Å². The first kappa shape index (κ1) is 18.1. The molecule has 4 rings (SSSR count). The molecular formula is C20H15FN4O2S. The van der Waals surface area contributed by atoms with E-state index < -0.39 is 28.9 Å². The molecule has 0 radical (unpaired) electrons. The van der Waals surface area contributed by atoms with Crippen molar-refractivity contribution in [2.24, 2.45) is 5.92 Å². The number of aromatic amines is 2. The van der Waals surface area contributed by atoms with Gasteiger partial charge in [0, 0.05) is 11.5 Å². The second-order valence-electron chi connectivity index (χ2n) is 6.59. The number of nitrogens with one attached hydrogen (secondary N) is 3. The van der Waals surface area contributed by atoms with Crippen LogP contribution in [-0.2, 0) is 5.72 Å². The number of nitriles is 1. The number of fused-ring (bicyclic) bond motifs is 1. The molecule has 0 bridgehead atoms. The first-order chi connectivity index (χ1) is 13.4. The van der Waals surface area contributed by atoms with Gasteiger partial charge >= 0.3 is 0 Å². The lowest BCUT2D eigenvalue weighted by Gasteiger charge is -2.43. The molecule has 1 aliphatic rings. The van der Waals surface area contributed by atoms with E-state index >= 15 is 0 Å². The maximum absolute atomic E-state index is 13.5. The summed E-state index contributed by atoms with van der Waals surface area (Å²) < 4.78 is 13.5. The van der Waals surface area contributed by atoms with Gasteiger partial charge in [0.05, 0.1) is 11.6 Å². The first-order valence-corrected chi connectivity index (χ1v) is 8.92. The molecule has 0 amide bonds. The molecule has 8 heteroatoms. The first-order valence-electron chi connectivity index (χ1n) is 8.51. The Bertz CT molecular complexity index is 1180. The summed E-state index contributed by atoms with van der Waals surface area (Å²) >= 11 is 5.06. The van der Waals surface area contributed by atoms with Gasteiger partial charge in [-0.05, 0) is 29.9 Å². The minimum Gasteiger partial charge on any atom is -0.366 e. The van der Waals surface area contributed by atoms with Crippen LogP contribution in [0.15, 0.2) is 59.4 Å². The van der Waals surface area contributed by atoms with Crippen molar-refractivity contribution in [3.8, 4) is 6.07 Å². The topological polar surface area (TPSA) is 105 Å². The van der Waals surface area contributed by atoms with Crippen LogP contribution in [0.5, 0.6) is 0 Å². The van der Waals surface area contributed by atoms with E-state index in [2.05, 4.69) is 21.4 Å². The van der Waals surface area contributed by atoms with Crippen molar-refractivity contribution >= 4 is 18.0 Å². The zero-order valence-corrected chi connectivity index (χ0v) is 15.3. The van der Waals surface area contributed by atoms with Gasteiger partial charge in [-0.25, -0.2) is 4.39 Å². The predicted molar refractivity (Wildman–Crippen MR) is 104 cm³/mol. The Balaban J connectivity index is 2.02. The monoisotopic (exact) mass is 394 g/mol. The van der Waals surface area contributed by atoms with Crippen LogP contribution in [0, 0.1) is 27.8 Å². The minimum absolute atomic E-state index is 0.0833. The van der Waals surface area contributed by atoms with E-state index in [1.807, 2.05) is 0 Å². The molecule has 1 aromatic heterocycles. The number of aromatic nitrogens is 2. The van der Waals surface area contributed by atoms with E-state index in [1.54, 1.807) is 30.3 Å². The number of aliphatic hydroxyl groups is 1. The number of hydrogen-bond acceptors (Lipinski definition) is 5. The van der Waals surface area contributed by atoms with Gasteiger partial charge < -0.3 is 15.4 Å². The standard InChI is InChI=1S/C20H15FN4O2S/c21-13-8-6-11(7-9-13)15-14(10-22)20(27,12-4-2-1-3-5-12)25-17-16(15)18(26)24-19(28)23-17/h1-9,14-15,27H,(H3,23,24,25,26,28). The molecule has 6 nitrogen and oxygen atoms in total. The van der Waals surface area contributed by atoms with Crippen molar-refractivity contribution in [3.63, 3.8) is 0 Å². The number of anilines is 1. The minimum atomic E-state index is -1.80. The number of hydrogen-bond donors (Lipinski definition) is 4. The molecule has 3 atom stereocenters. The Labute approximate surface area is 164 Å². The van der Waals surface area contributed by atoms with Crippen molar-refractivity contribution in [2.75, 3.05) is 5.32 Å². The average Bonchev–Trinajstić information content (AvgIpc) is 2.68. The average molecular weight is 394 g/mol. The molecule has 3 unspecified atom stereocenters. The quantitative estimate of drug-likeness (QED) is 0.500. The Kier molecular flexibility index (Phi) is 4.34. The molecular weight excluding hydrogens is 379 g/mol. The molecule has 0 aliphatic carbocycles. The van der Waals surface area contributed by atoms with Crippen LogP contribution in [-0.4, -0.2) is 15.1 Å². The summed E-state index contributed by atoms with van der Waals surface area (Å²) in [6.07, 6.45) is 0. The number of benzene rings is 2. The fourth-order valence-corrected chi connectivity index (χ4v) is 3.90. The summed E-state index contributed by atoms with van der Waals surface area (Å²) in [5.74, 6) is -2.10. The summed E-state index contributed by atoms with van der Waals surface area (Å²) in [7, 11) is 0. The van der Waals surface area contributed by atoms with Gasteiger partial charge in [-0.1, -0.05) is 42.5 Å². The molecule has 0 saturated carbocycles. The van der Waals surface area contributed by atoms with Crippen LogP contribution in [0.1, 0.15) is 22.6 Å². The van der Waals surface area contributed by atoms with E-state index in [4.69, 9.17) is 12.2 Å². The lowest BCUT2D eigenvalue weighted by molar-refractivity contribution is 0.0143. The fraction of sp³-hybridized carbons (Fsp3) is 0.150. The maximum Gasteiger partial charge on any atom is 0.257 e. The number of rotatable bonds is 2. The highest BCUT2D eigenvalue weighted by atomic mass is 32.1. The van der Waals surface area contributed by atoms with Gasteiger partial charge in [-0.15, -0.1) is 0 Å². The van der Waals surface area contributed by atoms with Gasteiger partial charge in [0.25, 0.3) is 5.56 Å². The molecule has 2 heterocycles. The van der Waals surface area contributed by atoms with Crippen molar-refractivity contribution < 1.29 is 9.50 Å². The molecule has 1 aliphatic heterocycles. The molecule has 28 heavy (non-hydrogen) atoms. The second kappa shape index (κ2) is 6.71. The lowest BCUT2D eigenvalue weighted by Crippen LogP contribution is -2.50. The maximum atomic E-state index is 13.5. The van der Waals surface area contributed by atoms with E-state index in [0.717, 1.165) is 0 Å². The zero-order chi connectivity index (χ0) is 19.9. The smallest absolute Gasteiger partial charge is 0.257 e. The number of H-pyrrole nitrogens is 2. The Morgan fingerprint density at radius 1 is 1.11 bits per heavy atom. The van der Waals surface area contributed by atoms with Crippen LogP contribution in [0.3, 0.4) is 0 Å². The molecule has 2 aromatic carbocycles. The summed E-state index contributed by atoms with van der Waals surface area (Å²) in [5.41, 5.74) is -1.06. The Morgan fingerprint density at radius 3 is 2.43 bits per heavy atom. The number of halogens is 1. The molecule has 0 fully saturated rings. The van der Waals surface area contributed by atoms with Gasteiger partial charge in [-0.3, -0.25) is 9.78 Å². The van der Waals surface area contributed by atoms with Crippen LogP contribution in [0.2, 0.25) is 0 Å². The predicted octanol–water partition coefficient (Wildman–Crippen LogP) is 3.11. The summed E-state index contributed by atoms with van der Waals surface area (Å²) in [6, 6.07) is 16.3. The highest BCUT2D eigenvalue weighted by molar-refractivity contribution is 7.71. The van der Waals surface area contributed by atoms with Crippen molar-refractivity contribution in [3.05, 3.63) is 92.2 Å². The third-order valence-corrected chi connectivity index (χ3v) is 5.18. The normalized spacial score (nSPS) is 23.3. The molecule has 3 aromatic rings. The Morgan fingerprint density at radius 2 is 1.79 bits per heavy atom. The van der Waals surface area contributed by atoms with Crippen LogP contribution in [0.25, 0.3) is 0 Å². The molecule has 140 valence electrons. The third kappa shape index (κ3) is 2.81. The van der Waals surface area contributed by atoms with Gasteiger partial charge in [0.2, 0.25) is 0 Å². The molecule has 0 saturated heterocycles. The van der Waals surface area contributed by atoms with Crippen LogP contribution < -0.4 is 10.9 Å². The second-order valence-corrected chi connectivity index (χ2v) is 7.00. The van der Waals surface area contributed by atoms with E-state index in [1.165, 1.54) is 24.3 Å². The summed E-state index contributed by atoms with van der Waals surface area (Å²) in [4.78, 5) is 18.1. The van der Waals surface area contributed by atoms with Crippen LogP contribution in [0.4, 0.5) is 10.2 Å². The zero-order valence-electron chi connectivity index (χ0n) is 14.4. The Hall–Kier alpha value is -3.28.